The number of benzene rings is 3. The first-order valence-electron chi connectivity index (χ1n) is 14.7. The molecule has 0 bridgehead atoms. The summed E-state index contributed by atoms with van der Waals surface area (Å²) >= 11 is 0. The second kappa shape index (κ2) is 16.4. The molecule has 1 heterocycles. The molecule has 11 nitrogen and oxygen atoms in total. The van der Waals surface area contributed by atoms with E-state index >= 15 is 0 Å². The molecule has 3 aromatic carbocycles. The molecule has 2 unspecified atom stereocenters. The molecule has 4 aromatic rings. The molecule has 0 aliphatic heterocycles. The molecule has 4 amide bonds. The molecule has 0 radical (unpaired) electrons. The highest BCUT2D eigenvalue weighted by molar-refractivity contribution is 7.59. The predicted octanol–water partition coefficient (Wildman–Crippen LogP) is 2.73. The van der Waals surface area contributed by atoms with Crippen LogP contribution in [0.3, 0.4) is 0 Å². The average Bonchev–Trinajstić information content (AvgIpc) is 3.05. The zero-order valence-electron chi connectivity index (χ0n) is 25.3. The lowest BCUT2D eigenvalue weighted by atomic mass is 10.0. The van der Waals surface area contributed by atoms with Gasteiger partial charge in [-0.15, -0.1) is 0 Å². The number of carbonyl (C=O) groups excluding carboxylic acids is 4. The van der Waals surface area contributed by atoms with Crippen LogP contribution >= 0.6 is 7.37 Å². The molecule has 0 spiro atoms. The number of primary amides is 1. The van der Waals surface area contributed by atoms with Gasteiger partial charge in [-0.25, -0.2) is 4.39 Å². The zero-order chi connectivity index (χ0) is 33.8. The van der Waals surface area contributed by atoms with Gasteiger partial charge >= 0.3 is 0 Å². The van der Waals surface area contributed by atoms with Crippen LogP contribution in [0.1, 0.15) is 27.0 Å². The highest BCUT2D eigenvalue weighted by Gasteiger charge is 2.36. The smallest absolute Gasteiger partial charge is 0.252 e. The average molecular weight is 660 g/mol. The van der Waals surface area contributed by atoms with Crippen molar-refractivity contribution in [3.8, 4) is 0 Å². The van der Waals surface area contributed by atoms with Crippen molar-refractivity contribution in [3.05, 3.63) is 138 Å². The maximum atomic E-state index is 13.8. The van der Waals surface area contributed by atoms with Gasteiger partial charge < -0.3 is 26.6 Å². The summed E-state index contributed by atoms with van der Waals surface area (Å²) < 4.78 is 27.6. The minimum atomic E-state index is -4.52. The molecule has 0 aliphatic carbocycles. The molecule has 0 saturated heterocycles. The zero-order valence-corrected chi connectivity index (χ0v) is 26.2. The Morgan fingerprint density at radius 2 is 1.32 bits per heavy atom. The standard InChI is InChI=1S/C34H35FN5O6P/c35-27-13-7-12-26(21-27)33(43)40-31(20-24-10-5-2-6-11-24)47(45,46)22-30(41)38-29(19-25-14-16-37-17-15-25)34(44)39-28(32(36)42)18-23-8-3-1-4-9-23/h1-17,21,28-29,31H,18-20,22H2,(H2,36,42)(H,38,41)(H,39,44)(H,40,43)(H,45,46)/t28?,29-,31-/m0/s1. The minimum absolute atomic E-state index is 0.0314. The van der Waals surface area contributed by atoms with E-state index in [2.05, 4.69) is 20.9 Å². The molecule has 4 atom stereocenters. The van der Waals surface area contributed by atoms with Crippen molar-refractivity contribution in [1.82, 2.24) is 20.9 Å². The summed E-state index contributed by atoms with van der Waals surface area (Å²) in [7, 11) is -4.52. The van der Waals surface area contributed by atoms with Crippen molar-refractivity contribution in [1.29, 1.82) is 0 Å². The van der Waals surface area contributed by atoms with Crippen molar-refractivity contribution >= 4 is 31.0 Å². The van der Waals surface area contributed by atoms with E-state index in [1.165, 1.54) is 24.5 Å². The Morgan fingerprint density at radius 3 is 1.91 bits per heavy atom. The second-order valence-corrected chi connectivity index (χ2v) is 13.4. The topological polar surface area (TPSA) is 181 Å². The van der Waals surface area contributed by atoms with Gasteiger partial charge in [-0.1, -0.05) is 66.7 Å². The van der Waals surface area contributed by atoms with Crippen LogP contribution in [0.25, 0.3) is 0 Å². The van der Waals surface area contributed by atoms with Crippen molar-refractivity contribution in [2.24, 2.45) is 5.73 Å². The number of nitrogens with zero attached hydrogens (tertiary/aromatic N) is 1. The molecule has 13 heteroatoms. The highest BCUT2D eigenvalue weighted by Crippen LogP contribution is 2.46. The fourth-order valence-electron chi connectivity index (χ4n) is 4.86. The van der Waals surface area contributed by atoms with Gasteiger partial charge in [-0.05, 0) is 47.0 Å². The lowest BCUT2D eigenvalue weighted by Crippen LogP contribution is -2.54. The van der Waals surface area contributed by atoms with Crippen LogP contribution in [0.2, 0.25) is 0 Å². The number of rotatable bonds is 15. The Balaban J connectivity index is 1.53. The lowest BCUT2D eigenvalue weighted by molar-refractivity contribution is -0.130. The maximum Gasteiger partial charge on any atom is 0.252 e. The van der Waals surface area contributed by atoms with E-state index < -0.39 is 60.8 Å². The molecular formula is C34H35FN5O6P. The van der Waals surface area contributed by atoms with E-state index in [0.717, 1.165) is 17.7 Å². The normalized spacial score (nSPS) is 14.1. The fraction of sp³-hybridized carbons (Fsp3) is 0.206. The molecular weight excluding hydrogens is 624 g/mol. The van der Waals surface area contributed by atoms with E-state index in [-0.39, 0.29) is 24.8 Å². The van der Waals surface area contributed by atoms with E-state index in [1.807, 2.05) is 0 Å². The Hall–Kier alpha value is -5.19. The van der Waals surface area contributed by atoms with Crippen LogP contribution in [-0.4, -0.2) is 57.5 Å². The van der Waals surface area contributed by atoms with Crippen molar-refractivity contribution < 1.29 is 33.0 Å². The van der Waals surface area contributed by atoms with Gasteiger partial charge in [0, 0.05) is 37.2 Å². The van der Waals surface area contributed by atoms with Gasteiger partial charge in [0.05, 0.1) is 0 Å². The molecule has 4 rings (SSSR count). The summed E-state index contributed by atoms with van der Waals surface area (Å²) in [6, 6.07) is 23.2. The maximum absolute atomic E-state index is 13.8. The third-order valence-corrected chi connectivity index (χ3v) is 9.32. The number of hydrogen-bond acceptors (Lipinski definition) is 6. The Morgan fingerprint density at radius 1 is 0.745 bits per heavy atom. The van der Waals surface area contributed by atoms with Crippen LogP contribution in [0.5, 0.6) is 0 Å². The van der Waals surface area contributed by atoms with Crippen LogP contribution in [0.4, 0.5) is 4.39 Å². The summed E-state index contributed by atoms with van der Waals surface area (Å²) in [5.74, 6) is -5.35. The van der Waals surface area contributed by atoms with Crippen LogP contribution in [-0.2, 0) is 38.2 Å². The summed E-state index contributed by atoms with van der Waals surface area (Å²) in [5.41, 5.74) is 7.49. The molecule has 6 N–H and O–H groups in total. The summed E-state index contributed by atoms with van der Waals surface area (Å²) in [6.07, 6.45) is 2.03. The number of halogens is 1. The number of amides is 4. The molecule has 0 aliphatic rings. The SMILES string of the molecule is NC(=O)C(Cc1ccccc1)NC(=O)[C@H](Cc1ccncc1)NC(=O)CP(=O)(O)[C@@H](Cc1ccccc1)NC(=O)c1cccc(F)c1. The Kier molecular flexibility index (Phi) is 12.1. The second-order valence-electron chi connectivity index (χ2n) is 10.9. The van der Waals surface area contributed by atoms with Gasteiger partial charge in [0.25, 0.3) is 5.91 Å². The number of carbonyl (C=O) groups is 4. The molecule has 47 heavy (non-hydrogen) atoms. The first-order valence-corrected chi connectivity index (χ1v) is 16.7. The summed E-state index contributed by atoms with van der Waals surface area (Å²) in [6.45, 7) is 0. The molecule has 0 fully saturated rings. The highest BCUT2D eigenvalue weighted by atomic mass is 31.2. The first-order chi connectivity index (χ1) is 22.5. The van der Waals surface area contributed by atoms with Crippen LogP contribution < -0.4 is 21.7 Å². The van der Waals surface area contributed by atoms with Gasteiger partial charge in [0.2, 0.25) is 25.1 Å². The minimum Gasteiger partial charge on any atom is -0.368 e. The molecule has 0 saturated carbocycles. The Labute approximate surface area is 271 Å². The van der Waals surface area contributed by atoms with Crippen molar-refractivity contribution in [2.45, 2.75) is 37.1 Å². The first kappa shape index (κ1) is 34.7. The summed E-state index contributed by atoms with van der Waals surface area (Å²) in [4.78, 5) is 67.2. The largest absolute Gasteiger partial charge is 0.368 e. The van der Waals surface area contributed by atoms with Crippen molar-refractivity contribution in [2.75, 3.05) is 6.16 Å². The number of pyridine rings is 1. The quantitative estimate of drug-likeness (QED) is 0.122. The number of aromatic nitrogens is 1. The molecule has 244 valence electrons. The van der Waals surface area contributed by atoms with Crippen LogP contribution in [0, 0.1) is 5.82 Å². The van der Waals surface area contributed by atoms with Gasteiger partial charge in [-0.2, -0.15) is 0 Å². The van der Waals surface area contributed by atoms with E-state index in [0.29, 0.717) is 11.1 Å². The third kappa shape index (κ3) is 10.7. The van der Waals surface area contributed by atoms with E-state index in [9.17, 15) is 33.0 Å². The van der Waals surface area contributed by atoms with E-state index in [1.54, 1.807) is 72.8 Å². The fourth-order valence-corrected chi connectivity index (χ4v) is 6.40. The number of nitrogens with one attached hydrogen (secondary N) is 3. The summed E-state index contributed by atoms with van der Waals surface area (Å²) in [5, 5.41) is 7.61. The Bertz CT molecular complexity index is 1730. The lowest BCUT2D eigenvalue weighted by Gasteiger charge is -2.26. The van der Waals surface area contributed by atoms with Gasteiger partial charge in [0.1, 0.15) is 29.8 Å². The van der Waals surface area contributed by atoms with Crippen molar-refractivity contribution in [3.63, 3.8) is 0 Å². The monoisotopic (exact) mass is 659 g/mol. The van der Waals surface area contributed by atoms with Gasteiger partial charge in [0.15, 0.2) is 0 Å². The predicted molar refractivity (Wildman–Crippen MR) is 174 cm³/mol. The third-order valence-electron chi connectivity index (χ3n) is 7.30. The number of hydrogen-bond donors (Lipinski definition) is 5. The van der Waals surface area contributed by atoms with Crippen LogP contribution in [0.15, 0.2) is 109 Å². The number of nitrogens with two attached hydrogens (primary N) is 1. The van der Waals surface area contributed by atoms with E-state index in [4.69, 9.17) is 5.73 Å². The van der Waals surface area contributed by atoms with Gasteiger partial charge in [-0.3, -0.25) is 28.7 Å². The molecule has 1 aromatic heterocycles.